The van der Waals surface area contributed by atoms with Gasteiger partial charge in [0.1, 0.15) is 11.8 Å². The van der Waals surface area contributed by atoms with Gasteiger partial charge in [-0.05, 0) is 42.2 Å². The molecule has 3 rings (SSSR count). The van der Waals surface area contributed by atoms with Crippen LogP contribution in [0, 0.1) is 0 Å². The number of hydrogen-bond acceptors (Lipinski definition) is 5. The average molecular weight is 314 g/mol. The maximum Gasteiger partial charge on any atom is 0.328 e. The summed E-state index contributed by atoms with van der Waals surface area (Å²) >= 11 is 0. The third kappa shape index (κ3) is 2.63. The fourth-order valence-corrected chi connectivity index (χ4v) is 2.91. The Morgan fingerprint density at radius 3 is 2.87 bits per heavy atom. The highest BCUT2D eigenvalue weighted by atomic mass is 16.5. The van der Waals surface area contributed by atoms with E-state index < -0.39 is 5.97 Å². The summed E-state index contributed by atoms with van der Waals surface area (Å²) < 4.78 is 10.3. The van der Waals surface area contributed by atoms with Gasteiger partial charge >= 0.3 is 11.9 Å². The largest absolute Gasteiger partial charge is 0.478 e. The predicted molar refractivity (Wildman–Crippen MR) is 82.2 cm³/mol. The number of carboxylic acids is 1. The number of aliphatic carboxylic acids is 1. The van der Waals surface area contributed by atoms with E-state index in [2.05, 4.69) is 0 Å². The van der Waals surface area contributed by atoms with Crippen molar-refractivity contribution < 1.29 is 23.8 Å². The summed E-state index contributed by atoms with van der Waals surface area (Å²) in [5.41, 5.74) is 1.98. The predicted octanol–water partition coefficient (Wildman–Crippen LogP) is 2.09. The molecule has 0 spiro atoms. The van der Waals surface area contributed by atoms with Gasteiger partial charge in [-0.25, -0.2) is 4.79 Å². The van der Waals surface area contributed by atoms with E-state index in [1.165, 1.54) is 19.4 Å². The normalized spacial score (nSPS) is 16.7. The lowest BCUT2D eigenvalue weighted by Gasteiger charge is -2.09. The highest BCUT2D eigenvalue weighted by Crippen LogP contribution is 2.36. The third-order valence-electron chi connectivity index (χ3n) is 4.03. The van der Waals surface area contributed by atoms with Gasteiger partial charge in [0.15, 0.2) is 5.43 Å². The van der Waals surface area contributed by atoms with E-state index in [1.807, 2.05) is 0 Å². The van der Waals surface area contributed by atoms with Crippen LogP contribution in [-0.2, 0) is 20.7 Å². The molecule has 0 aliphatic heterocycles. The van der Waals surface area contributed by atoms with Gasteiger partial charge in [0.05, 0.1) is 24.0 Å². The number of aryl methyl sites for hydroxylation is 1. The molecular formula is C17H14O6. The molecule has 0 saturated heterocycles. The van der Waals surface area contributed by atoms with Gasteiger partial charge in [-0.3, -0.25) is 9.59 Å². The summed E-state index contributed by atoms with van der Waals surface area (Å²) in [6.07, 6.45) is 4.63. The second-order valence-corrected chi connectivity index (χ2v) is 5.35. The second-order valence-electron chi connectivity index (χ2n) is 5.35. The number of benzene rings is 1. The van der Waals surface area contributed by atoms with Crippen molar-refractivity contribution in [1.29, 1.82) is 0 Å². The van der Waals surface area contributed by atoms with E-state index in [0.717, 1.165) is 17.2 Å². The zero-order valence-corrected chi connectivity index (χ0v) is 12.4. The molecule has 1 aromatic heterocycles. The molecule has 1 aliphatic carbocycles. The van der Waals surface area contributed by atoms with Crippen molar-refractivity contribution in [1.82, 2.24) is 0 Å². The molecular weight excluding hydrogens is 300 g/mol. The van der Waals surface area contributed by atoms with E-state index in [0.29, 0.717) is 23.8 Å². The van der Waals surface area contributed by atoms with Crippen LogP contribution in [0.5, 0.6) is 0 Å². The molecule has 1 N–H and O–H groups in total. The Bertz CT molecular complexity index is 890. The first-order valence-electron chi connectivity index (χ1n) is 7.08. The van der Waals surface area contributed by atoms with Crippen LogP contribution in [0.15, 0.2) is 33.7 Å². The highest BCUT2D eigenvalue weighted by molar-refractivity contribution is 5.88. The van der Waals surface area contributed by atoms with Gasteiger partial charge < -0.3 is 14.3 Å². The van der Waals surface area contributed by atoms with Crippen LogP contribution in [0.1, 0.15) is 29.0 Å². The number of carboxylic acid groups (broad SMARTS) is 1. The summed E-state index contributed by atoms with van der Waals surface area (Å²) in [6, 6.07) is 3.42. The van der Waals surface area contributed by atoms with E-state index in [1.54, 1.807) is 12.1 Å². The maximum atomic E-state index is 12.4. The van der Waals surface area contributed by atoms with Crippen LogP contribution in [0.2, 0.25) is 0 Å². The second kappa shape index (κ2) is 5.72. The van der Waals surface area contributed by atoms with Crippen LogP contribution < -0.4 is 5.43 Å². The van der Waals surface area contributed by atoms with Crippen LogP contribution in [0.3, 0.4) is 0 Å². The SMILES string of the molecule is COC(=O)C1CCc2cc3c(=O)c(C=CC(=O)O)coc3cc21. The van der Waals surface area contributed by atoms with Crippen molar-refractivity contribution in [2.75, 3.05) is 7.11 Å². The number of fused-ring (bicyclic) bond motifs is 2. The Morgan fingerprint density at radius 1 is 1.39 bits per heavy atom. The van der Waals surface area contributed by atoms with E-state index in [4.69, 9.17) is 14.3 Å². The van der Waals surface area contributed by atoms with Crippen molar-refractivity contribution in [2.45, 2.75) is 18.8 Å². The van der Waals surface area contributed by atoms with Crippen LogP contribution in [-0.4, -0.2) is 24.2 Å². The van der Waals surface area contributed by atoms with Crippen molar-refractivity contribution in [2.24, 2.45) is 0 Å². The van der Waals surface area contributed by atoms with Gasteiger partial charge in [0.25, 0.3) is 0 Å². The number of carbonyl (C=O) groups excluding carboxylic acids is 1. The van der Waals surface area contributed by atoms with Crippen LogP contribution >= 0.6 is 0 Å². The van der Waals surface area contributed by atoms with Crippen molar-refractivity contribution in [3.05, 3.63) is 51.4 Å². The lowest BCUT2D eigenvalue weighted by Crippen LogP contribution is -2.11. The molecule has 6 heteroatoms. The molecule has 0 saturated carbocycles. The number of methoxy groups -OCH3 is 1. The number of hydrogen-bond donors (Lipinski definition) is 1. The fourth-order valence-electron chi connectivity index (χ4n) is 2.91. The van der Waals surface area contributed by atoms with Gasteiger partial charge in [-0.2, -0.15) is 0 Å². The smallest absolute Gasteiger partial charge is 0.328 e. The Hall–Kier alpha value is -2.89. The zero-order chi connectivity index (χ0) is 16.6. The highest BCUT2D eigenvalue weighted by Gasteiger charge is 2.30. The summed E-state index contributed by atoms with van der Waals surface area (Å²) in [6.45, 7) is 0. The quantitative estimate of drug-likeness (QED) is 0.688. The number of carbonyl (C=O) groups is 2. The summed E-state index contributed by atoms with van der Waals surface area (Å²) in [5, 5.41) is 9.02. The Kier molecular flexibility index (Phi) is 3.73. The summed E-state index contributed by atoms with van der Waals surface area (Å²) in [7, 11) is 1.35. The van der Waals surface area contributed by atoms with Crippen LogP contribution in [0.25, 0.3) is 17.0 Å². The monoisotopic (exact) mass is 314 g/mol. The molecule has 0 amide bonds. The summed E-state index contributed by atoms with van der Waals surface area (Å²) in [5.74, 6) is -1.78. The zero-order valence-electron chi connectivity index (χ0n) is 12.4. The molecule has 118 valence electrons. The fraction of sp³-hybridized carbons (Fsp3) is 0.235. The molecule has 1 aromatic carbocycles. The number of esters is 1. The molecule has 1 heterocycles. The average Bonchev–Trinajstić information content (AvgIpc) is 2.95. The minimum atomic E-state index is -1.14. The first-order valence-corrected chi connectivity index (χ1v) is 7.08. The van der Waals surface area contributed by atoms with Crippen molar-refractivity contribution >= 4 is 29.0 Å². The number of ether oxygens (including phenoxy) is 1. The molecule has 0 radical (unpaired) electrons. The van der Waals surface area contributed by atoms with E-state index in [9.17, 15) is 14.4 Å². The first kappa shape index (κ1) is 15.0. The molecule has 0 bridgehead atoms. The van der Waals surface area contributed by atoms with Gasteiger partial charge in [0.2, 0.25) is 0 Å². The first-order chi connectivity index (χ1) is 11.0. The molecule has 1 atom stereocenters. The van der Waals surface area contributed by atoms with E-state index in [-0.39, 0.29) is 22.9 Å². The molecule has 1 unspecified atom stereocenters. The van der Waals surface area contributed by atoms with E-state index >= 15 is 0 Å². The van der Waals surface area contributed by atoms with Gasteiger partial charge in [-0.1, -0.05) is 0 Å². The lowest BCUT2D eigenvalue weighted by atomic mass is 9.99. The molecule has 1 aliphatic rings. The van der Waals surface area contributed by atoms with Crippen molar-refractivity contribution in [3.8, 4) is 0 Å². The van der Waals surface area contributed by atoms with Gasteiger partial charge in [-0.15, -0.1) is 0 Å². The lowest BCUT2D eigenvalue weighted by molar-refractivity contribution is -0.142. The van der Waals surface area contributed by atoms with Crippen LogP contribution in [0.4, 0.5) is 0 Å². The Balaban J connectivity index is 2.12. The van der Waals surface area contributed by atoms with Crippen molar-refractivity contribution in [3.63, 3.8) is 0 Å². The van der Waals surface area contributed by atoms with Gasteiger partial charge in [0, 0.05) is 6.08 Å². The molecule has 2 aromatic rings. The molecule has 0 fully saturated rings. The molecule has 23 heavy (non-hydrogen) atoms. The minimum Gasteiger partial charge on any atom is -0.478 e. The topological polar surface area (TPSA) is 93.8 Å². The minimum absolute atomic E-state index is 0.169. The third-order valence-corrected chi connectivity index (χ3v) is 4.03. The Labute approximate surface area is 131 Å². The Morgan fingerprint density at radius 2 is 2.17 bits per heavy atom. The standard InChI is InChI=1S/C17H14O6/c1-22-17(21)11-4-2-9-6-13-14(7-12(9)11)23-8-10(16(13)20)3-5-15(18)19/h3,5-8,11H,2,4H2,1H3,(H,18,19). The maximum absolute atomic E-state index is 12.4. The summed E-state index contributed by atoms with van der Waals surface area (Å²) in [4.78, 5) is 34.8. The molecule has 6 nitrogen and oxygen atoms in total. The number of rotatable bonds is 3.